The quantitative estimate of drug-likeness (QED) is 0.0429. The van der Waals surface area contributed by atoms with Crippen LogP contribution >= 0.6 is 0 Å². The van der Waals surface area contributed by atoms with Crippen LogP contribution in [0.4, 0.5) is 0 Å². The van der Waals surface area contributed by atoms with Crippen LogP contribution in [0.15, 0.2) is 40.6 Å². The molecule has 1 aliphatic heterocycles. The number of benzene rings is 1. The Morgan fingerprint density at radius 1 is 0.967 bits per heavy atom. The lowest BCUT2D eigenvalue weighted by atomic mass is 9.85. The Bertz CT molecular complexity index is 1660. The fraction of sp³-hybridized carbons (Fsp3) is 0.698. The first-order valence-electron chi connectivity index (χ1n) is 20.8. The molecule has 1 saturated heterocycles. The second-order valence-electron chi connectivity index (χ2n) is 16.4. The summed E-state index contributed by atoms with van der Waals surface area (Å²) in [7, 11) is 6.05. The van der Waals surface area contributed by atoms with E-state index in [2.05, 4.69) is 21.9 Å². The molecule has 1 fully saturated rings. The van der Waals surface area contributed by atoms with E-state index < -0.39 is 84.2 Å². The van der Waals surface area contributed by atoms with E-state index in [9.17, 15) is 34.3 Å². The van der Waals surface area contributed by atoms with Crippen molar-refractivity contribution in [1.29, 1.82) is 0 Å². The predicted molar refractivity (Wildman–Crippen MR) is 227 cm³/mol. The van der Waals surface area contributed by atoms with Crippen molar-refractivity contribution in [2.24, 2.45) is 45.6 Å². The van der Waals surface area contributed by atoms with Gasteiger partial charge in [0.1, 0.15) is 5.78 Å². The van der Waals surface area contributed by atoms with Crippen molar-refractivity contribution in [2.45, 2.75) is 123 Å². The lowest BCUT2D eigenvalue weighted by molar-refractivity contribution is -0.149. The van der Waals surface area contributed by atoms with Gasteiger partial charge in [-0.15, -0.1) is 5.16 Å². The number of carbonyl (C=O) groups excluding carboxylic acids is 6. The van der Waals surface area contributed by atoms with E-state index in [-0.39, 0.29) is 42.8 Å². The zero-order chi connectivity index (χ0) is 45.3. The van der Waals surface area contributed by atoms with Gasteiger partial charge in [0.05, 0.1) is 42.7 Å². The number of nitrogens with two attached hydrogens (primary N) is 1. The number of likely N-dealkylation sites (N-methyl/N-ethyl adjacent to an activating group) is 2. The second kappa shape index (κ2) is 25.0. The molecule has 17 nitrogen and oxygen atoms in total. The SMILES string of the molecule is C=NOCC(=O)N(C)[C@H](C(=O)C[C@H](C(=O)N(C)[C@@H]([C@@H](C)CC)[C@@H](CC(=O)N1CCC[C@H]1[C@H](OC)[C@@H](C)C(=O)C[C@@H](Cc1ccccc1)C(N)=O)OC)[C@H](C)N=[N+]=[N-])C(C)C. The maximum absolute atomic E-state index is 14.5. The minimum atomic E-state index is -1.10. The Hall–Kier alpha value is -4.86. The highest BCUT2D eigenvalue weighted by molar-refractivity contribution is 5.93. The molecule has 0 bridgehead atoms. The molecule has 0 radical (unpaired) electrons. The van der Waals surface area contributed by atoms with E-state index in [1.165, 1.54) is 31.1 Å². The Balaban J connectivity index is 2.36. The molecule has 4 amide bonds. The molecule has 1 aromatic rings. The number of amides is 4. The van der Waals surface area contributed by atoms with Crippen LogP contribution in [0.1, 0.15) is 85.6 Å². The van der Waals surface area contributed by atoms with E-state index in [1.807, 2.05) is 44.2 Å². The molecule has 0 aromatic heterocycles. The van der Waals surface area contributed by atoms with Gasteiger partial charge in [0.25, 0.3) is 5.91 Å². The first-order chi connectivity index (χ1) is 28.4. The van der Waals surface area contributed by atoms with Crippen molar-refractivity contribution in [3.63, 3.8) is 0 Å². The maximum Gasteiger partial charge on any atom is 0.263 e. The van der Waals surface area contributed by atoms with Gasteiger partial charge in [0.2, 0.25) is 17.7 Å². The van der Waals surface area contributed by atoms with Crippen molar-refractivity contribution < 1.29 is 43.1 Å². The van der Waals surface area contributed by atoms with Crippen molar-refractivity contribution in [3.05, 3.63) is 46.3 Å². The summed E-state index contributed by atoms with van der Waals surface area (Å²) in [6, 6.07) is 6.44. The van der Waals surface area contributed by atoms with Gasteiger partial charge in [0, 0.05) is 77.2 Å². The van der Waals surface area contributed by atoms with Gasteiger partial charge in [-0.2, -0.15) is 0 Å². The smallest absolute Gasteiger partial charge is 0.263 e. The topological polar surface area (TPSA) is 227 Å². The highest BCUT2D eigenvalue weighted by atomic mass is 16.6. The molecule has 334 valence electrons. The number of primary amides is 1. The van der Waals surface area contributed by atoms with Crippen LogP contribution in [-0.2, 0) is 49.5 Å². The summed E-state index contributed by atoms with van der Waals surface area (Å²) in [6.07, 6.45) is 0.301. The van der Waals surface area contributed by atoms with Gasteiger partial charge in [-0.25, -0.2) is 0 Å². The molecule has 0 aliphatic carbocycles. The summed E-state index contributed by atoms with van der Waals surface area (Å²) in [4.78, 5) is 93.9. The summed E-state index contributed by atoms with van der Waals surface area (Å²) in [5, 5.41) is 7.06. The van der Waals surface area contributed by atoms with E-state index in [0.717, 1.165) is 5.56 Å². The average molecular weight is 841 g/mol. The average Bonchev–Trinajstić information content (AvgIpc) is 3.71. The summed E-state index contributed by atoms with van der Waals surface area (Å²) in [6.45, 7) is 14.0. The van der Waals surface area contributed by atoms with E-state index in [1.54, 1.807) is 39.6 Å². The van der Waals surface area contributed by atoms with Crippen molar-refractivity contribution >= 4 is 41.9 Å². The first-order valence-corrected chi connectivity index (χ1v) is 20.8. The lowest BCUT2D eigenvalue weighted by Gasteiger charge is -2.41. The molecule has 0 saturated carbocycles. The molecule has 10 atom stereocenters. The molecule has 1 aromatic carbocycles. The van der Waals surface area contributed by atoms with Crippen LogP contribution in [0.3, 0.4) is 0 Å². The Morgan fingerprint density at radius 3 is 2.15 bits per heavy atom. The molecule has 2 rings (SSSR count). The highest BCUT2D eigenvalue weighted by Crippen LogP contribution is 2.31. The predicted octanol–water partition coefficient (Wildman–Crippen LogP) is 4.60. The minimum Gasteiger partial charge on any atom is -0.386 e. The van der Waals surface area contributed by atoms with Crippen LogP contribution in [-0.4, -0.2) is 134 Å². The van der Waals surface area contributed by atoms with Crippen molar-refractivity contribution in [2.75, 3.05) is 41.5 Å². The number of hydrogen-bond donors (Lipinski definition) is 1. The molecule has 60 heavy (non-hydrogen) atoms. The number of nitrogens with zero attached hydrogens (tertiary/aromatic N) is 7. The first kappa shape index (κ1) is 51.3. The van der Waals surface area contributed by atoms with Gasteiger partial charge in [-0.1, -0.05) is 83.4 Å². The number of ether oxygens (including phenoxy) is 2. The van der Waals surface area contributed by atoms with E-state index in [4.69, 9.17) is 20.0 Å². The summed E-state index contributed by atoms with van der Waals surface area (Å²) >= 11 is 0. The zero-order valence-electron chi connectivity index (χ0n) is 37.2. The van der Waals surface area contributed by atoms with Crippen LogP contribution in [0, 0.1) is 29.6 Å². The summed E-state index contributed by atoms with van der Waals surface area (Å²) in [5.74, 6) is -5.33. The largest absolute Gasteiger partial charge is 0.386 e. The standard InChI is InChI=1S/C43H68N8O9/c1-12-27(4)40(50(9)43(57)32(29(6)47-48-45)23-35(53)39(26(2)3)49(8)38(55)25-60-46-7)36(58-10)24-37(54)51-20-16-19-33(51)41(59-11)28(5)34(52)22-31(42(44)56)21-30-17-14-13-15-18-30/h13-15,17-18,26-29,31-33,36,39-41H,7,12,16,19-25H2,1-6,8-11H3,(H2,44,56)/t27-,28-,29-,31+,32-,33-,36+,39-,40-,41+/m0/s1. The molecule has 2 N–H and O–H groups in total. The number of oxime groups is 1. The fourth-order valence-electron chi connectivity index (χ4n) is 8.56. The molecule has 0 spiro atoms. The number of Topliss-reactive ketones (excluding diaryl/α,β-unsaturated/α-hetero) is 2. The maximum atomic E-state index is 14.5. The summed E-state index contributed by atoms with van der Waals surface area (Å²) in [5.41, 5.74) is 16.0. The highest BCUT2D eigenvalue weighted by Gasteiger charge is 2.44. The van der Waals surface area contributed by atoms with Crippen LogP contribution in [0.25, 0.3) is 10.4 Å². The number of ketones is 2. The second-order valence-corrected chi connectivity index (χ2v) is 16.4. The third-order valence-corrected chi connectivity index (χ3v) is 12.1. The third kappa shape index (κ3) is 13.8. The number of rotatable bonds is 27. The molecule has 17 heteroatoms. The molecular formula is C43H68N8O9. The van der Waals surface area contributed by atoms with Crippen molar-refractivity contribution in [1.82, 2.24) is 14.7 Å². The number of azide groups is 1. The minimum absolute atomic E-state index is 0.0607. The molecular weight excluding hydrogens is 773 g/mol. The number of methoxy groups -OCH3 is 2. The van der Waals surface area contributed by atoms with Crippen LogP contribution in [0.5, 0.6) is 0 Å². The van der Waals surface area contributed by atoms with E-state index >= 15 is 0 Å². The van der Waals surface area contributed by atoms with Gasteiger partial charge in [-0.05, 0) is 42.2 Å². The van der Waals surface area contributed by atoms with E-state index in [0.29, 0.717) is 32.2 Å². The van der Waals surface area contributed by atoms with Crippen LogP contribution in [0.2, 0.25) is 0 Å². The van der Waals surface area contributed by atoms with Crippen molar-refractivity contribution in [3.8, 4) is 0 Å². The van der Waals surface area contributed by atoms with Gasteiger partial charge < -0.3 is 34.7 Å². The fourth-order valence-corrected chi connectivity index (χ4v) is 8.56. The number of likely N-dealkylation sites (tertiary alicyclic amines) is 1. The van der Waals surface area contributed by atoms with Gasteiger partial charge in [-0.3, -0.25) is 28.8 Å². The Kier molecular flexibility index (Phi) is 21.4. The number of hydrogen-bond acceptors (Lipinski definition) is 11. The Morgan fingerprint density at radius 2 is 1.62 bits per heavy atom. The monoisotopic (exact) mass is 841 g/mol. The summed E-state index contributed by atoms with van der Waals surface area (Å²) < 4.78 is 11.9. The molecule has 0 unspecified atom stereocenters. The normalized spacial score (nSPS) is 18.4. The number of carbonyl (C=O) groups is 6. The van der Waals surface area contributed by atoms with Gasteiger partial charge >= 0.3 is 0 Å². The zero-order valence-corrected chi connectivity index (χ0v) is 37.2. The molecule has 1 heterocycles. The van der Waals surface area contributed by atoms with Gasteiger partial charge in [0.15, 0.2) is 12.4 Å². The Labute approximate surface area is 355 Å². The molecule has 1 aliphatic rings. The van der Waals surface area contributed by atoms with Crippen LogP contribution < -0.4 is 5.73 Å². The lowest BCUT2D eigenvalue weighted by Crippen LogP contribution is -2.55. The third-order valence-electron chi connectivity index (χ3n) is 12.1.